The van der Waals surface area contributed by atoms with Crippen molar-refractivity contribution in [3.63, 3.8) is 0 Å². The van der Waals surface area contributed by atoms with E-state index < -0.39 is 5.60 Å². The number of hydrogen-bond acceptors (Lipinski definition) is 3. The van der Waals surface area contributed by atoms with Crippen LogP contribution in [0.2, 0.25) is 0 Å². The van der Waals surface area contributed by atoms with Gasteiger partial charge in [0.2, 0.25) is 0 Å². The van der Waals surface area contributed by atoms with Crippen molar-refractivity contribution in [1.82, 2.24) is 0 Å². The van der Waals surface area contributed by atoms with Crippen molar-refractivity contribution in [1.29, 1.82) is 0 Å². The maximum Gasteiger partial charge on any atom is 0.415 e. The Balaban J connectivity index is 2.21. The first-order valence-electron chi connectivity index (χ1n) is 5.72. The van der Waals surface area contributed by atoms with Gasteiger partial charge in [0, 0.05) is 18.7 Å². The van der Waals surface area contributed by atoms with Crippen molar-refractivity contribution in [2.45, 2.75) is 25.9 Å². The van der Waals surface area contributed by atoms with Crippen molar-refractivity contribution >= 4 is 11.8 Å². The van der Waals surface area contributed by atoms with Crippen molar-refractivity contribution in [2.75, 3.05) is 18.1 Å². The molecule has 17 heavy (non-hydrogen) atoms. The zero-order valence-corrected chi connectivity index (χ0v) is 10.1. The molecule has 0 aliphatic carbocycles. The molecule has 4 nitrogen and oxygen atoms in total. The zero-order chi connectivity index (χ0) is 12.5. The number of cyclic esters (lactones) is 1. The predicted octanol–water partition coefficient (Wildman–Crippen LogP) is 2.09. The monoisotopic (exact) mass is 235 g/mol. The highest BCUT2D eigenvalue weighted by Crippen LogP contribution is 2.30. The Bertz CT molecular complexity index is 432. The number of anilines is 1. The van der Waals surface area contributed by atoms with Crippen LogP contribution in [0.15, 0.2) is 24.3 Å². The van der Waals surface area contributed by atoms with Crippen molar-refractivity contribution < 1.29 is 14.6 Å². The molecule has 1 heterocycles. The largest absolute Gasteiger partial charge is 0.441 e. The fourth-order valence-electron chi connectivity index (χ4n) is 2.06. The van der Waals surface area contributed by atoms with Crippen LogP contribution in [0.25, 0.3) is 0 Å². The van der Waals surface area contributed by atoms with Gasteiger partial charge in [-0.25, -0.2) is 4.79 Å². The van der Waals surface area contributed by atoms with Gasteiger partial charge in [-0.05, 0) is 31.5 Å². The van der Waals surface area contributed by atoms with Gasteiger partial charge in [-0.1, -0.05) is 12.1 Å². The van der Waals surface area contributed by atoms with Crippen LogP contribution < -0.4 is 4.90 Å². The standard InChI is InChI=1S/C13H17NO3/c1-10-4-3-5-11(8-10)14-9-13(2,6-7-15)17-12(14)16/h3-5,8,15H,6-7,9H2,1-2H3. The Morgan fingerprint density at radius 3 is 2.94 bits per heavy atom. The van der Waals surface area contributed by atoms with Crippen molar-refractivity contribution in [3.8, 4) is 0 Å². The molecule has 1 aliphatic heterocycles. The van der Waals surface area contributed by atoms with E-state index in [1.807, 2.05) is 38.1 Å². The number of rotatable bonds is 3. The highest BCUT2D eigenvalue weighted by atomic mass is 16.6. The first-order valence-corrected chi connectivity index (χ1v) is 5.72. The first-order chi connectivity index (χ1) is 8.04. The zero-order valence-electron chi connectivity index (χ0n) is 10.1. The van der Waals surface area contributed by atoms with Crippen LogP contribution >= 0.6 is 0 Å². The van der Waals surface area contributed by atoms with Gasteiger partial charge in [-0.2, -0.15) is 0 Å². The van der Waals surface area contributed by atoms with Crippen LogP contribution in [0.3, 0.4) is 0 Å². The number of hydrogen-bond donors (Lipinski definition) is 1. The van der Waals surface area contributed by atoms with Gasteiger partial charge in [0.15, 0.2) is 0 Å². The Morgan fingerprint density at radius 2 is 2.29 bits per heavy atom. The molecule has 0 aromatic heterocycles. The number of benzene rings is 1. The second-order valence-electron chi connectivity index (χ2n) is 4.72. The molecule has 1 aromatic carbocycles. The molecular formula is C13H17NO3. The molecule has 92 valence electrons. The number of aryl methyl sites for hydroxylation is 1. The average Bonchev–Trinajstić information content (AvgIpc) is 2.55. The lowest BCUT2D eigenvalue weighted by Gasteiger charge is -2.20. The van der Waals surface area contributed by atoms with Crippen LogP contribution in [0, 0.1) is 6.92 Å². The van der Waals surface area contributed by atoms with Crippen LogP contribution in [0.4, 0.5) is 10.5 Å². The molecule has 4 heteroatoms. The van der Waals surface area contributed by atoms with E-state index in [1.54, 1.807) is 4.90 Å². The molecular weight excluding hydrogens is 218 g/mol. The number of carbonyl (C=O) groups is 1. The van der Waals surface area contributed by atoms with E-state index in [0.29, 0.717) is 13.0 Å². The third-order valence-corrected chi connectivity index (χ3v) is 3.00. The van der Waals surface area contributed by atoms with Crippen LogP contribution in [0.5, 0.6) is 0 Å². The smallest absolute Gasteiger partial charge is 0.415 e. The Kier molecular flexibility index (Phi) is 3.07. The van der Waals surface area contributed by atoms with E-state index in [4.69, 9.17) is 9.84 Å². The van der Waals surface area contributed by atoms with Gasteiger partial charge in [-0.3, -0.25) is 4.90 Å². The molecule has 1 aromatic rings. The maximum absolute atomic E-state index is 11.8. The number of ether oxygens (including phenoxy) is 1. The van der Waals surface area contributed by atoms with E-state index in [-0.39, 0.29) is 12.7 Å². The summed E-state index contributed by atoms with van der Waals surface area (Å²) in [5.74, 6) is 0. The summed E-state index contributed by atoms with van der Waals surface area (Å²) in [6.07, 6.45) is 0.118. The topological polar surface area (TPSA) is 49.8 Å². The summed E-state index contributed by atoms with van der Waals surface area (Å²) in [5.41, 5.74) is 1.36. The summed E-state index contributed by atoms with van der Waals surface area (Å²) < 4.78 is 5.32. The summed E-state index contributed by atoms with van der Waals surface area (Å²) in [5, 5.41) is 8.97. The minimum absolute atomic E-state index is 0.0193. The number of carbonyl (C=O) groups excluding carboxylic acids is 1. The first kappa shape index (κ1) is 11.9. The van der Waals surface area contributed by atoms with E-state index in [0.717, 1.165) is 11.3 Å². The summed E-state index contributed by atoms with van der Waals surface area (Å²) in [6, 6.07) is 7.74. The van der Waals surface area contributed by atoms with Gasteiger partial charge in [0.25, 0.3) is 0 Å². The molecule has 0 saturated carbocycles. The molecule has 0 spiro atoms. The van der Waals surface area contributed by atoms with Gasteiger partial charge < -0.3 is 9.84 Å². The van der Waals surface area contributed by atoms with Crippen molar-refractivity contribution in [2.24, 2.45) is 0 Å². The Morgan fingerprint density at radius 1 is 1.53 bits per heavy atom. The van der Waals surface area contributed by atoms with Gasteiger partial charge in [0.05, 0.1) is 6.54 Å². The van der Waals surface area contributed by atoms with E-state index in [2.05, 4.69) is 0 Å². The molecule has 1 N–H and O–H groups in total. The summed E-state index contributed by atoms with van der Waals surface area (Å²) in [7, 11) is 0. The molecule has 1 atom stereocenters. The quantitative estimate of drug-likeness (QED) is 0.872. The molecule has 1 fully saturated rings. The molecule has 1 saturated heterocycles. The van der Waals surface area contributed by atoms with Gasteiger partial charge >= 0.3 is 6.09 Å². The lowest BCUT2D eigenvalue weighted by atomic mass is 10.0. The fourth-order valence-corrected chi connectivity index (χ4v) is 2.06. The Labute approximate surface area is 101 Å². The molecule has 2 rings (SSSR count). The highest BCUT2D eigenvalue weighted by molar-refractivity contribution is 5.90. The predicted molar refractivity (Wildman–Crippen MR) is 65.1 cm³/mol. The number of aliphatic hydroxyl groups excluding tert-OH is 1. The third kappa shape index (κ3) is 2.42. The van der Waals surface area contributed by atoms with Crippen LogP contribution in [0.1, 0.15) is 18.9 Å². The lowest BCUT2D eigenvalue weighted by Crippen LogP contribution is -2.32. The molecule has 0 bridgehead atoms. The van der Waals surface area contributed by atoms with E-state index in [9.17, 15) is 4.79 Å². The SMILES string of the molecule is Cc1cccc(N2CC(C)(CCO)OC2=O)c1. The highest BCUT2D eigenvalue weighted by Gasteiger charge is 2.41. The second-order valence-corrected chi connectivity index (χ2v) is 4.72. The summed E-state index contributed by atoms with van der Waals surface area (Å²) in [4.78, 5) is 13.4. The average molecular weight is 235 g/mol. The Hall–Kier alpha value is -1.55. The van der Waals surface area contributed by atoms with Gasteiger partial charge in [0.1, 0.15) is 5.60 Å². The van der Waals surface area contributed by atoms with E-state index >= 15 is 0 Å². The lowest BCUT2D eigenvalue weighted by molar-refractivity contribution is 0.0502. The van der Waals surface area contributed by atoms with Crippen LogP contribution in [-0.4, -0.2) is 30.0 Å². The normalized spacial score (nSPS) is 23.9. The summed E-state index contributed by atoms with van der Waals surface area (Å²) >= 11 is 0. The molecule has 1 aliphatic rings. The number of nitrogens with zero attached hydrogens (tertiary/aromatic N) is 1. The molecule has 1 amide bonds. The van der Waals surface area contributed by atoms with E-state index in [1.165, 1.54) is 0 Å². The summed E-state index contributed by atoms with van der Waals surface area (Å²) in [6.45, 7) is 4.33. The maximum atomic E-state index is 11.8. The fraction of sp³-hybridized carbons (Fsp3) is 0.462. The van der Waals surface area contributed by atoms with Gasteiger partial charge in [-0.15, -0.1) is 0 Å². The van der Waals surface area contributed by atoms with Crippen LogP contribution in [-0.2, 0) is 4.74 Å². The second kappa shape index (κ2) is 4.37. The number of amides is 1. The minimum Gasteiger partial charge on any atom is -0.441 e. The third-order valence-electron chi connectivity index (χ3n) is 3.00. The number of aliphatic hydroxyl groups is 1. The molecule has 0 radical (unpaired) electrons. The van der Waals surface area contributed by atoms with Crippen molar-refractivity contribution in [3.05, 3.63) is 29.8 Å². The minimum atomic E-state index is -0.588. The molecule has 1 unspecified atom stereocenters.